The molecule has 1 saturated heterocycles. The highest BCUT2D eigenvalue weighted by atomic mass is 19.1. The molecular weight excluding hydrogens is 352 g/mol. The Kier molecular flexibility index (Phi) is 5.63. The summed E-state index contributed by atoms with van der Waals surface area (Å²) >= 11 is 0. The molecule has 1 aliphatic heterocycles. The number of likely N-dealkylation sites (tertiary alicyclic amines) is 1. The summed E-state index contributed by atoms with van der Waals surface area (Å²) in [4.78, 5) is 2.48. The van der Waals surface area contributed by atoms with Crippen LogP contribution in [0.5, 0.6) is 0 Å². The summed E-state index contributed by atoms with van der Waals surface area (Å²) in [5.74, 6) is -0.482. The van der Waals surface area contributed by atoms with Gasteiger partial charge in [-0.3, -0.25) is 4.90 Å². The molecule has 3 heteroatoms. The molecule has 1 atom stereocenters. The lowest BCUT2D eigenvalue weighted by Crippen LogP contribution is -2.30. The van der Waals surface area contributed by atoms with Crippen molar-refractivity contribution < 1.29 is 8.78 Å². The molecule has 28 heavy (non-hydrogen) atoms. The van der Waals surface area contributed by atoms with E-state index in [1.165, 1.54) is 29.8 Å². The Morgan fingerprint density at radius 1 is 0.857 bits per heavy atom. The van der Waals surface area contributed by atoms with E-state index in [2.05, 4.69) is 35.2 Å². The molecule has 1 unspecified atom stereocenters. The summed E-state index contributed by atoms with van der Waals surface area (Å²) in [6, 6.07) is 23.9. The number of halogens is 2. The van der Waals surface area contributed by atoms with E-state index in [4.69, 9.17) is 0 Å². The van der Waals surface area contributed by atoms with Crippen LogP contribution >= 0.6 is 0 Å². The van der Waals surface area contributed by atoms with Crippen molar-refractivity contribution in [1.82, 2.24) is 4.90 Å². The number of rotatable bonds is 5. The van der Waals surface area contributed by atoms with Gasteiger partial charge in [0.05, 0.1) is 0 Å². The first-order valence-electron chi connectivity index (χ1n) is 9.70. The highest BCUT2D eigenvalue weighted by Gasteiger charge is 2.28. The van der Waals surface area contributed by atoms with Crippen molar-refractivity contribution >= 4 is 11.6 Å². The maximum absolute atomic E-state index is 13.5. The minimum absolute atomic E-state index is 0.238. The molecule has 3 aromatic rings. The average molecular weight is 375 g/mol. The van der Waals surface area contributed by atoms with Crippen LogP contribution in [0.1, 0.15) is 29.5 Å². The molecule has 4 rings (SSSR count). The summed E-state index contributed by atoms with van der Waals surface area (Å²) < 4.78 is 26.8. The Morgan fingerprint density at radius 2 is 1.50 bits per heavy atom. The first-order chi connectivity index (χ1) is 13.7. The quantitative estimate of drug-likeness (QED) is 0.482. The molecule has 0 amide bonds. The summed E-state index contributed by atoms with van der Waals surface area (Å²) in [6.07, 6.45) is 4.29. The topological polar surface area (TPSA) is 3.24 Å². The zero-order chi connectivity index (χ0) is 19.3. The normalized spacial score (nSPS) is 17.8. The second kappa shape index (κ2) is 8.49. The van der Waals surface area contributed by atoms with Gasteiger partial charge in [-0.2, -0.15) is 0 Å². The van der Waals surface area contributed by atoms with Gasteiger partial charge in [-0.1, -0.05) is 54.6 Å². The number of hydrogen-bond donors (Lipinski definition) is 0. The first kappa shape index (κ1) is 18.6. The van der Waals surface area contributed by atoms with E-state index in [9.17, 15) is 8.78 Å². The van der Waals surface area contributed by atoms with E-state index >= 15 is 0 Å². The van der Waals surface area contributed by atoms with Gasteiger partial charge >= 0.3 is 0 Å². The number of benzene rings is 3. The second-order valence-corrected chi connectivity index (χ2v) is 7.27. The highest BCUT2D eigenvalue weighted by Crippen LogP contribution is 2.33. The fourth-order valence-corrected chi connectivity index (χ4v) is 3.94. The largest absolute Gasteiger partial charge is 0.292 e. The van der Waals surface area contributed by atoms with Crippen LogP contribution in [0.25, 0.3) is 11.6 Å². The van der Waals surface area contributed by atoms with E-state index < -0.39 is 0 Å². The van der Waals surface area contributed by atoms with Gasteiger partial charge in [0.25, 0.3) is 0 Å². The smallest absolute Gasteiger partial charge is 0.123 e. The Bertz CT molecular complexity index is 931. The summed E-state index contributed by atoms with van der Waals surface area (Å²) in [5.41, 5.74) is 4.40. The summed E-state index contributed by atoms with van der Waals surface area (Å²) in [7, 11) is 0. The first-order valence-corrected chi connectivity index (χ1v) is 9.70. The maximum atomic E-state index is 13.5. The Labute approximate surface area is 164 Å². The molecular formula is C25H23F2N. The van der Waals surface area contributed by atoms with Crippen molar-refractivity contribution in [1.29, 1.82) is 0 Å². The van der Waals surface area contributed by atoms with Crippen LogP contribution in [-0.4, -0.2) is 17.5 Å². The monoisotopic (exact) mass is 375 g/mol. The summed E-state index contributed by atoms with van der Waals surface area (Å²) in [5, 5.41) is 0. The Morgan fingerprint density at radius 3 is 2.18 bits per heavy atom. The van der Waals surface area contributed by atoms with E-state index in [0.29, 0.717) is 0 Å². The standard InChI is InChI=1S/C25H23F2N/c26-22-12-8-19(9-13-22)17-24(21-10-14-23(27)15-11-21)25-7-4-16-28(25)18-20-5-2-1-3-6-20/h1-3,5-6,8-15,17,25H,4,7,16,18H2/b24-17+. The van der Waals surface area contributed by atoms with E-state index in [-0.39, 0.29) is 17.7 Å². The van der Waals surface area contributed by atoms with Gasteiger partial charge in [0.2, 0.25) is 0 Å². The van der Waals surface area contributed by atoms with Crippen LogP contribution in [0.3, 0.4) is 0 Å². The lowest BCUT2D eigenvalue weighted by molar-refractivity contribution is 0.288. The van der Waals surface area contributed by atoms with Crippen LogP contribution in [-0.2, 0) is 6.54 Å². The van der Waals surface area contributed by atoms with Gasteiger partial charge in [0.1, 0.15) is 11.6 Å². The summed E-state index contributed by atoms with van der Waals surface area (Å²) in [6.45, 7) is 1.91. The number of hydrogen-bond acceptors (Lipinski definition) is 1. The van der Waals surface area contributed by atoms with E-state index in [0.717, 1.165) is 42.6 Å². The molecule has 0 aliphatic carbocycles. The van der Waals surface area contributed by atoms with Crippen molar-refractivity contribution in [2.45, 2.75) is 25.4 Å². The van der Waals surface area contributed by atoms with Crippen molar-refractivity contribution in [3.63, 3.8) is 0 Å². The van der Waals surface area contributed by atoms with Gasteiger partial charge in [0.15, 0.2) is 0 Å². The molecule has 1 heterocycles. The molecule has 0 saturated carbocycles. The second-order valence-electron chi connectivity index (χ2n) is 7.27. The third kappa shape index (κ3) is 4.37. The van der Waals surface area contributed by atoms with Gasteiger partial charge in [-0.25, -0.2) is 8.78 Å². The molecule has 0 radical (unpaired) electrons. The van der Waals surface area contributed by atoms with Crippen molar-refractivity contribution in [3.05, 3.63) is 107 Å². The fraction of sp³-hybridized carbons (Fsp3) is 0.200. The lowest BCUT2D eigenvalue weighted by atomic mass is 9.94. The van der Waals surface area contributed by atoms with Crippen LogP contribution in [0.2, 0.25) is 0 Å². The minimum Gasteiger partial charge on any atom is -0.292 e. The SMILES string of the molecule is Fc1ccc(/C=C(\c2ccc(F)cc2)C2CCCN2Cc2ccccc2)cc1. The molecule has 0 N–H and O–H groups in total. The van der Waals surface area contributed by atoms with Crippen molar-refractivity contribution in [3.8, 4) is 0 Å². The molecule has 1 fully saturated rings. The zero-order valence-electron chi connectivity index (χ0n) is 15.7. The third-order valence-corrected chi connectivity index (χ3v) is 5.32. The molecule has 3 aromatic carbocycles. The molecule has 0 bridgehead atoms. The van der Waals surface area contributed by atoms with Crippen LogP contribution in [0.15, 0.2) is 78.9 Å². The van der Waals surface area contributed by atoms with E-state index in [1.807, 2.05) is 18.2 Å². The number of nitrogens with zero attached hydrogens (tertiary/aromatic N) is 1. The van der Waals surface area contributed by atoms with E-state index in [1.54, 1.807) is 12.1 Å². The predicted octanol–water partition coefficient (Wildman–Crippen LogP) is 6.17. The highest BCUT2D eigenvalue weighted by molar-refractivity contribution is 5.84. The van der Waals surface area contributed by atoms with Gasteiger partial charge < -0.3 is 0 Å². The molecule has 0 spiro atoms. The minimum atomic E-state index is -0.243. The van der Waals surface area contributed by atoms with Crippen LogP contribution in [0.4, 0.5) is 8.78 Å². The van der Waals surface area contributed by atoms with Gasteiger partial charge in [-0.05, 0) is 72.0 Å². The average Bonchev–Trinajstić information content (AvgIpc) is 3.17. The Balaban J connectivity index is 1.69. The lowest BCUT2D eigenvalue weighted by Gasteiger charge is -2.27. The third-order valence-electron chi connectivity index (χ3n) is 5.32. The van der Waals surface area contributed by atoms with Crippen LogP contribution < -0.4 is 0 Å². The van der Waals surface area contributed by atoms with Crippen molar-refractivity contribution in [2.75, 3.05) is 6.54 Å². The molecule has 1 aliphatic rings. The molecule has 0 aromatic heterocycles. The predicted molar refractivity (Wildman–Crippen MR) is 111 cm³/mol. The maximum Gasteiger partial charge on any atom is 0.123 e. The van der Waals surface area contributed by atoms with Gasteiger partial charge in [-0.15, -0.1) is 0 Å². The molecule has 1 nitrogen and oxygen atoms in total. The van der Waals surface area contributed by atoms with Gasteiger partial charge in [0, 0.05) is 12.6 Å². The zero-order valence-corrected chi connectivity index (χ0v) is 15.7. The molecule has 142 valence electrons. The Hall–Kier alpha value is -2.78. The fourth-order valence-electron chi connectivity index (χ4n) is 3.94. The van der Waals surface area contributed by atoms with Crippen molar-refractivity contribution in [2.24, 2.45) is 0 Å². The van der Waals surface area contributed by atoms with Crippen LogP contribution in [0, 0.1) is 11.6 Å².